The summed E-state index contributed by atoms with van der Waals surface area (Å²) < 4.78 is 12.1. The predicted molar refractivity (Wildman–Crippen MR) is 68.5 cm³/mol. The van der Waals surface area contributed by atoms with Crippen molar-refractivity contribution in [2.45, 2.75) is 6.42 Å². The van der Waals surface area contributed by atoms with Crippen LogP contribution in [0.15, 0.2) is 18.7 Å². The molecule has 8 nitrogen and oxygen atoms in total. The number of ether oxygens (including phenoxy) is 2. The molecule has 0 saturated carbocycles. The van der Waals surface area contributed by atoms with Gasteiger partial charge in [-0.25, -0.2) is 4.98 Å². The maximum atomic E-state index is 5.47. The van der Waals surface area contributed by atoms with Crippen LogP contribution in [0.4, 0.5) is 5.95 Å². The van der Waals surface area contributed by atoms with Crippen LogP contribution in [-0.4, -0.2) is 51.9 Å². The van der Waals surface area contributed by atoms with Crippen LogP contribution in [0.25, 0.3) is 5.95 Å². The number of aromatic nitrogens is 5. The molecule has 102 valence electrons. The van der Waals surface area contributed by atoms with Gasteiger partial charge in [-0.15, -0.1) is 0 Å². The van der Waals surface area contributed by atoms with Crippen LogP contribution < -0.4 is 10.1 Å². The Morgan fingerprint density at radius 1 is 1.26 bits per heavy atom. The number of anilines is 1. The second-order valence-electron chi connectivity index (χ2n) is 3.66. The molecule has 2 heterocycles. The highest BCUT2D eigenvalue weighted by atomic mass is 16.5. The predicted octanol–water partition coefficient (Wildman–Crippen LogP) is 0.514. The number of hydrogen-bond donors (Lipinski definition) is 1. The van der Waals surface area contributed by atoms with Gasteiger partial charge in [-0.3, -0.25) is 4.57 Å². The molecule has 0 aliphatic heterocycles. The molecule has 0 atom stereocenters. The zero-order chi connectivity index (χ0) is 13.5. The quantitative estimate of drug-likeness (QED) is 0.729. The normalized spacial score (nSPS) is 10.4. The number of nitrogens with zero attached hydrogens (tertiary/aromatic N) is 5. The topological polar surface area (TPSA) is 87.0 Å². The van der Waals surface area contributed by atoms with E-state index in [-0.39, 0.29) is 6.01 Å². The standard InChI is InChI=1S/C11H16N6O2/c1-12-9-14-10(17-5-4-13-8-17)16-11(15-9)19-7-3-6-18-2/h4-5,8H,3,6-7H2,1-2H3,(H,12,14,15,16). The van der Waals surface area contributed by atoms with Crippen molar-refractivity contribution in [3.63, 3.8) is 0 Å². The first-order chi connectivity index (χ1) is 9.33. The van der Waals surface area contributed by atoms with E-state index in [2.05, 4.69) is 25.3 Å². The third-order valence-electron chi connectivity index (χ3n) is 2.29. The van der Waals surface area contributed by atoms with Gasteiger partial charge in [-0.05, 0) is 0 Å². The fraction of sp³-hybridized carbons (Fsp3) is 0.455. The molecule has 0 amide bonds. The number of methoxy groups -OCH3 is 1. The van der Waals surface area contributed by atoms with Gasteiger partial charge in [0.15, 0.2) is 0 Å². The van der Waals surface area contributed by atoms with E-state index >= 15 is 0 Å². The van der Waals surface area contributed by atoms with E-state index in [0.29, 0.717) is 25.1 Å². The van der Waals surface area contributed by atoms with Gasteiger partial charge in [-0.2, -0.15) is 15.0 Å². The van der Waals surface area contributed by atoms with E-state index in [9.17, 15) is 0 Å². The van der Waals surface area contributed by atoms with Gasteiger partial charge in [0, 0.05) is 39.6 Å². The molecular formula is C11H16N6O2. The number of imidazole rings is 1. The Labute approximate surface area is 110 Å². The van der Waals surface area contributed by atoms with Crippen LogP contribution >= 0.6 is 0 Å². The summed E-state index contributed by atoms with van der Waals surface area (Å²) in [7, 11) is 3.39. The van der Waals surface area contributed by atoms with Crippen LogP contribution in [0.5, 0.6) is 6.01 Å². The molecule has 8 heteroatoms. The molecule has 0 bridgehead atoms. The molecular weight excluding hydrogens is 248 g/mol. The number of rotatable bonds is 7. The summed E-state index contributed by atoms with van der Waals surface area (Å²) in [6.45, 7) is 1.13. The molecule has 0 unspecified atom stereocenters. The molecule has 0 radical (unpaired) electrons. The van der Waals surface area contributed by atoms with Gasteiger partial charge >= 0.3 is 6.01 Å². The van der Waals surface area contributed by atoms with Crippen molar-refractivity contribution in [3.8, 4) is 12.0 Å². The molecule has 0 aromatic carbocycles. The highest BCUT2D eigenvalue weighted by molar-refractivity contribution is 5.29. The zero-order valence-corrected chi connectivity index (χ0v) is 10.9. The largest absolute Gasteiger partial charge is 0.463 e. The lowest BCUT2D eigenvalue weighted by Crippen LogP contribution is -2.10. The van der Waals surface area contributed by atoms with E-state index in [4.69, 9.17) is 9.47 Å². The van der Waals surface area contributed by atoms with Crippen LogP contribution in [0.3, 0.4) is 0 Å². The molecule has 2 aromatic rings. The fourth-order valence-corrected chi connectivity index (χ4v) is 1.38. The van der Waals surface area contributed by atoms with Gasteiger partial charge in [0.25, 0.3) is 0 Å². The Hall–Kier alpha value is -2.22. The van der Waals surface area contributed by atoms with E-state index in [1.807, 2.05) is 0 Å². The monoisotopic (exact) mass is 264 g/mol. The summed E-state index contributed by atoms with van der Waals surface area (Å²) in [5.74, 6) is 0.902. The fourth-order valence-electron chi connectivity index (χ4n) is 1.38. The number of nitrogens with one attached hydrogen (secondary N) is 1. The third kappa shape index (κ3) is 3.62. The Morgan fingerprint density at radius 2 is 2.16 bits per heavy atom. The molecule has 2 rings (SSSR count). The Balaban J connectivity index is 2.12. The molecule has 0 aliphatic carbocycles. The molecule has 0 aliphatic rings. The van der Waals surface area contributed by atoms with Gasteiger partial charge < -0.3 is 14.8 Å². The van der Waals surface area contributed by atoms with Crippen molar-refractivity contribution in [2.75, 3.05) is 32.7 Å². The Kier molecular flexibility index (Phi) is 4.62. The molecule has 19 heavy (non-hydrogen) atoms. The van der Waals surface area contributed by atoms with Crippen molar-refractivity contribution in [1.29, 1.82) is 0 Å². The van der Waals surface area contributed by atoms with Crippen LogP contribution in [0.1, 0.15) is 6.42 Å². The molecule has 1 N–H and O–H groups in total. The van der Waals surface area contributed by atoms with Gasteiger partial charge in [0.1, 0.15) is 6.33 Å². The van der Waals surface area contributed by atoms with E-state index < -0.39 is 0 Å². The van der Waals surface area contributed by atoms with E-state index in [1.165, 1.54) is 0 Å². The summed E-state index contributed by atoms with van der Waals surface area (Å²) in [6.07, 6.45) is 5.80. The second-order valence-corrected chi connectivity index (χ2v) is 3.66. The second kappa shape index (κ2) is 6.64. The SMILES string of the molecule is CNc1nc(OCCCOC)nc(-n2ccnc2)n1. The first kappa shape index (κ1) is 13.2. The van der Waals surface area contributed by atoms with Crippen molar-refractivity contribution >= 4 is 5.95 Å². The minimum atomic E-state index is 0.277. The summed E-state index contributed by atoms with van der Waals surface area (Å²) >= 11 is 0. The summed E-state index contributed by atoms with van der Waals surface area (Å²) in [5.41, 5.74) is 0. The smallest absolute Gasteiger partial charge is 0.323 e. The third-order valence-corrected chi connectivity index (χ3v) is 2.29. The van der Waals surface area contributed by atoms with Crippen LogP contribution in [-0.2, 0) is 4.74 Å². The minimum absolute atomic E-state index is 0.277. The molecule has 2 aromatic heterocycles. The lowest BCUT2D eigenvalue weighted by Gasteiger charge is -2.08. The minimum Gasteiger partial charge on any atom is -0.463 e. The van der Waals surface area contributed by atoms with Crippen molar-refractivity contribution in [3.05, 3.63) is 18.7 Å². The van der Waals surface area contributed by atoms with Crippen molar-refractivity contribution in [2.24, 2.45) is 0 Å². The summed E-state index contributed by atoms with van der Waals surface area (Å²) in [5, 5.41) is 2.87. The van der Waals surface area contributed by atoms with Crippen LogP contribution in [0, 0.1) is 0 Å². The first-order valence-electron chi connectivity index (χ1n) is 5.87. The maximum Gasteiger partial charge on any atom is 0.323 e. The lowest BCUT2D eigenvalue weighted by molar-refractivity contribution is 0.168. The highest BCUT2D eigenvalue weighted by Gasteiger charge is 2.08. The molecule has 0 fully saturated rings. The van der Waals surface area contributed by atoms with E-state index in [0.717, 1.165) is 6.42 Å². The van der Waals surface area contributed by atoms with Gasteiger partial charge in [0.05, 0.1) is 6.61 Å². The van der Waals surface area contributed by atoms with E-state index in [1.54, 1.807) is 37.4 Å². The van der Waals surface area contributed by atoms with Crippen molar-refractivity contribution in [1.82, 2.24) is 24.5 Å². The molecule has 0 saturated heterocycles. The summed E-state index contributed by atoms with van der Waals surface area (Å²) in [4.78, 5) is 16.5. The Bertz CT molecular complexity index is 502. The van der Waals surface area contributed by atoms with Gasteiger partial charge in [0.2, 0.25) is 11.9 Å². The summed E-state index contributed by atoms with van der Waals surface area (Å²) in [6, 6.07) is 0.277. The van der Waals surface area contributed by atoms with Crippen molar-refractivity contribution < 1.29 is 9.47 Å². The van der Waals surface area contributed by atoms with Gasteiger partial charge in [-0.1, -0.05) is 0 Å². The lowest BCUT2D eigenvalue weighted by atomic mass is 10.5. The van der Waals surface area contributed by atoms with Crippen LogP contribution in [0.2, 0.25) is 0 Å². The average molecular weight is 264 g/mol. The maximum absolute atomic E-state index is 5.47. The first-order valence-corrected chi connectivity index (χ1v) is 5.87. The zero-order valence-electron chi connectivity index (χ0n) is 10.9. The number of hydrogen-bond acceptors (Lipinski definition) is 7. The molecule has 0 spiro atoms. The average Bonchev–Trinajstić information content (AvgIpc) is 2.97. The Morgan fingerprint density at radius 3 is 2.84 bits per heavy atom. The highest BCUT2D eigenvalue weighted by Crippen LogP contribution is 2.10.